The van der Waals surface area contributed by atoms with E-state index in [9.17, 15) is 4.39 Å². The lowest BCUT2D eigenvalue weighted by molar-refractivity contribution is 0.386. The van der Waals surface area contributed by atoms with Gasteiger partial charge >= 0.3 is 0 Å². The summed E-state index contributed by atoms with van der Waals surface area (Å²) >= 11 is 0. The van der Waals surface area contributed by atoms with Gasteiger partial charge in [-0.25, -0.2) is 4.39 Å². The number of methoxy groups -OCH3 is 1. The minimum absolute atomic E-state index is 0.133. The van der Waals surface area contributed by atoms with E-state index < -0.39 is 5.82 Å². The molecular formula is C12H19FN2O. The zero-order chi connectivity index (χ0) is 12.3. The van der Waals surface area contributed by atoms with Crippen LogP contribution in [0, 0.1) is 11.2 Å². The Balaban J connectivity index is 2.88. The molecule has 0 bridgehead atoms. The Labute approximate surface area is 95.8 Å². The molecule has 0 saturated heterocycles. The summed E-state index contributed by atoms with van der Waals surface area (Å²) < 4.78 is 18.2. The van der Waals surface area contributed by atoms with Crippen molar-refractivity contribution in [2.24, 2.45) is 5.41 Å². The number of anilines is 2. The van der Waals surface area contributed by atoms with Gasteiger partial charge < -0.3 is 15.8 Å². The Hall–Kier alpha value is -1.45. The monoisotopic (exact) mass is 226 g/mol. The molecule has 1 aromatic carbocycles. The van der Waals surface area contributed by atoms with Crippen LogP contribution in [0.4, 0.5) is 15.8 Å². The highest BCUT2D eigenvalue weighted by Gasteiger charge is 2.12. The van der Waals surface area contributed by atoms with Gasteiger partial charge in [-0.3, -0.25) is 0 Å². The largest absolute Gasteiger partial charge is 0.494 e. The van der Waals surface area contributed by atoms with E-state index in [1.54, 1.807) is 6.07 Å². The first-order chi connectivity index (χ1) is 7.33. The fourth-order valence-electron chi connectivity index (χ4n) is 1.24. The second-order valence-corrected chi connectivity index (χ2v) is 4.99. The summed E-state index contributed by atoms with van der Waals surface area (Å²) in [5, 5.41) is 3.18. The lowest BCUT2D eigenvalue weighted by Gasteiger charge is -2.20. The van der Waals surface area contributed by atoms with E-state index in [1.807, 2.05) is 0 Å². The molecule has 3 nitrogen and oxygen atoms in total. The Bertz CT molecular complexity index is 372. The molecule has 0 heterocycles. The molecule has 0 unspecified atom stereocenters. The molecule has 0 saturated carbocycles. The lowest BCUT2D eigenvalue weighted by atomic mass is 9.97. The van der Waals surface area contributed by atoms with Gasteiger partial charge in [0.25, 0.3) is 0 Å². The van der Waals surface area contributed by atoms with Crippen LogP contribution in [0.3, 0.4) is 0 Å². The zero-order valence-corrected chi connectivity index (χ0v) is 10.2. The van der Waals surface area contributed by atoms with E-state index in [0.29, 0.717) is 11.4 Å². The van der Waals surface area contributed by atoms with Crippen LogP contribution in [0.2, 0.25) is 0 Å². The van der Waals surface area contributed by atoms with Crippen molar-refractivity contribution in [3.8, 4) is 5.75 Å². The van der Waals surface area contributed by atoms with Crippen molar-refractivity contribution >= 4 is 11.4 Å². The summed E-state index contributed by atoms with van der Waals surface area (Å²) in [6, 6.07) is 2.85. The van der Waals surface area contributed by atoms with Crippen LogP contribution in [0.15, 0.2) is 12.1 Å². The maximum atomic E-state index is 13.3. The first-order valence-corrected chi connectivity index (χ1v) is 5.20. The summed E-state index contributed by atoms with van der Waals surface area (Å²) in [4.78, 5) is 0. The number of halogens is 1. The fraction of sp³-hybridized carbons (Fsp3) is 0.500. The van der Waals surface area contributed by atoms with Crippen molar-refractivity contribution in [3.63, 3.8) is 0 Å². The number of nitrogen functional groups attached to an aromatic ring is 1. The van der Waals surface area contributed by atoms with Crippen LogP contribution in [-0.2, 0) is 0 Å². The lowest BCUT2D eigenvalue weighted by Crippen LogP contribution is -2.19. The van der Waals surface area contributed by atoms with Crippen LogP contribution >= 0.6 is 0 Å². The summed E-state index contributed by atoms with van der Waals surface area (Å²) in [6.07, 6.45) is 0. The van der Waals surface area contributed by atoms with Gasteiger partial charge in [0, 0.05) is 18.7 Å². The van der Waals surface area contributed by atoms with Crippen LogP contribution in [-0.4, -0.2) is 13.7 Å². The third kappa shape index (κ3) is 3.29. The Morgan fingerprint density at radius 1 is 1.38 bits per heavy atom. The number of benzene rings is 1. The van der Waals surface area contributed by atoms with Crippen LogP contribution < -0.4 is 15.8 Å². The quantitative estimate of drug-likeness (QED) is 0.779. The molecule has 0 aliphatic carbocycles. The molecule has 3 N–H and O–H groups in total. The highest BCUT2D eigenvalue weighted by Crippen LogP contribution is 2.28. The number of ether oxygens (including phenoxy) is 1. The Kier molecular flexibility index (Phi) is 3.62. The van der Waals surface area contributed by atoms with Gasteiger partial charge in [0.15, 0.2) is 11.6 Å². The van der Waals surface area contributed by atoms with E-state index in [4.69, 9.17) is 10.5 Å². The third-order valence-corrected chi connectivity index (χ3v) is 2.13. The van der Waals surface area contributed by atoms with Crippen molar-refractivity contribution in [3.05, 3.63) is 17.9 Å². The van der Waals surface area contributed by atoms with Crippen molar-refractivity contribution in [2.45, 2.75) is 20.8 Å². The highest BCUT2D eigenvalue weighted by molar-refractivity contribution is 5.68. The Morgan fingerprint density at radius 2 is 2.00 bits per heavy atom. The first-order valence-electron chi connectivity index (χ1n) is 5.20. The number of rotatable bonds is 3. The van der Waals surface area contributed by atoms with Gasteiger partial charge in [-0.2, -0.15) is 0 Å². The smallest absolute Gasteiger partial charge is 0.167 e. The summed E-state index contributed by atoms with van der Waals surface area (Å²) in [6.45, 7) is 7.08. The van der Waals surface area contributed by atoms with Gasteiger partial charge in [0.2, 0.25) is 0 Å². The molecule has 0 amide bonds. The molecule has 16 heavy (non-hydrogen) atoms. The minimum atomic E-state index is -0.443. The molecule has 0 atom stereocenters. The number of nitrogens with one attached hydrogen (secondary N) is 1. The van der Waals surface area contributed by atoms with Gasteiger partial charge in [-0.05, 0) is 5.41 Å². The number of nitrogens with two attached hydrogens (primary N) is 1. The van der Waals surface area contributed by atoms with Crippen LogP contribution in [0.5, 0.6) is 5.75 Å². The maximum Gasteiger partial charge on any atom is 0.167 e. The molecular weight excluding hydrogens is 207 g/mol. The zero-order valence-electron chi connectivity index (χ0n) is 10.2. The summed E-state index contributed by atoms with van der Waals surface area (Å²) in [7, 11) is 1.43. The first kappa shape index (κ1) is 12.6. The summed E-state index contributed by atoms with van der Waals surface area (Å²) in [5.74, 6) is -0.244. The van der Waals surface area contributed by atoms with Gasteiger partial charge in [-0.1, -0.05) is 20.8 Å². The fourth-order valence-corrected chi connectivity index (χ4v) is 1.24. The Morgan fingerprint density at radius 3 is 2.50 bits per heavy atom. The number of hydrogen-bond donors (Lipinski definition) is 2. The van der Waals surface area contributed by atoms with Crippen molar-refractivity contribution in [1.82, 2.24) is 0 Å². The van der Waals surface area contributed by atoms with Gasteiger partial charge in [0.1, 0.15) is 0 Å². The molecule has 1 aromatic rings. The second kappa shape index (κ2) is 4.60. The van der Waals surface area contributed by atoms with Crippen LogP contribution in [0.25, 0.3) is 0 Å². The standard InChI is InChI=1S/C12H19FN2O/c1-12(2,3)7-15-10-6-11(16-4)8(13)5-9(10)14/h5-6,15H,7,14H2,1-4H3. The predicted molar refractivity (Wildman–Crippen MR) is 65.3 cm³/mol. The van der Waals surface area contributed by atoms with E-state index in [1.165, 1.54) is 13.2 Å². The highest BCUT2D eigenvalue weighted by atomic mass is 19.1. The average molecular weight is 226 g/mol. The molecule has 0 fully saturated rings. The van der Waals surface area contributed by atoms with E-state index >= 15 is 0 Å². The SMILES string of the molecule is COc1cc(NCC(C)(C)C)c(N)cc1F. The van der Waals surface area contributed by atoms with E-state index in [2.05, 4.69) is 26.1 Å². The molecule has 0 aliphatic rings. The van der Waals surface area contributed by atoms with Gasteiger partial charge in [0.05, 0.1) is 18.5 Å². The van der Waals surface area contributed by atoms with Crippen molar-refractivity contribution in [1.29, 1.82) is 0 Å². The predicted octanol–water partition coefficient (Wildman–Crippen LogP) is 2.87. The molecule has 1 rings (SSSR count). The minimum Gasteiger partial charge on any atom is -0.494 e. The van der Waals surface area contributed by atoms with Crippen molar-refractivity contribution in [2.75, 3.05) is 24.7 Å². The van der Waals surface area contributed by atoms with Gasteiger partial charge in [-0.15, -0.1) is 0 Å². The molecule has 0 aromatic heterocycles. The topological polar surface area (TPSA) is 47.3 Å². The second-order valence-electron chi connectivity index (χ2n) is 4.99. The third-order valence-electron chi connectivity index (χ3n) is 2.13. The molecule has 0 spiro atoms. The number of hydrogen-bond acceptors (Lipinski definition) is 3. The van der Waals surface area contributed by atoms with Crippen LogP contribution in [0.1, 0.15) is 20.8 Å². The van der Waals surface area contributed by atoms with E-state index in [0.717, 1.165) is 6.54 Å². The van der Waals surface area contributed by atoms with Crippen molar-refractivity contribution < 1.29 is 9.13 Å². The molecule has 90 valence electrons. The molecule has 0 aliphatic heterocycles. The summed E-state index contributed by atoms with van der Waals surface area (Å²) in [5.41, 5.74) is 6.94. The normalized spacial score (nSPS) is 11.3. The van der Waals surface area contributed by atoms with E-state index in [-0.39, 0.29) is 11.2 Å². The average Bonchev–Trinajstić information content (AvgIpc) is 2.15. The molecule has 0 radical (unpaired) electrons. The maximum absolute atomic E-state index is 13.3. The molecule has 4 heteroatoms.